The van der Waals surface area contributed by atoms with Crippen LogP contribution in [0.25, 0.3) is 0 Å². The van der Waals surface area contributed by atoms with Gasteiger partial charge in [0.25, 0.3) is 10.0 Å². The SMILES string of the molecule is O=C(CCCCC1CCSS1)Nc1ccc(NS(=O)(=O)c2ccc(F)cc2)cc1. The largest absolute Gasteiger partial charge is 0.326 e. The molecule has 2 aromatic rings. The summed E-state index contributed by atoms with van der Waals surface area (Å²) >= 11 is 0. The smallest absolute Gasteiger partial charge is 0.261 e. The van der Waals surface area contributed by atoms with Gasteiger partial charge in [-0.1, -0.05) is 28.0 Å². The lowest BCUT2D eigenvalue weighted by atomic mass is 10.1. The van der Waals surface area contributed by atoms with E-state index in [0.29, 0.717) is 17.8 Å². The maximum absolute atomic E-state index is 13.0. The zero-order chi connectivity index (χ0) is 20.7. The second kappa shape index (κ2) is 10.4. The molecule has 9 heteroatoms. The number of nitrogens with one attached hydrogen (secondary N) is 2. The van der Waals surface area contributed by atoms with Gasteiger partial charge in [0.05, 0.1) is 4.90 Å². The van der Waals surface area contributed by atoms with Crippen molar-refractivity contribution in [3.63, 3.8) is 0 Å². The Hall–Kier alpha value is -1.71. The Morgan fingerprint density at radius 2 is 1.72 bits per heavy atom. The third-order valence-corrected chi connectivity index (χ3v) is 8.86. The number of halogens is 1. The molecule has 0 aliphatic carbocycles. The second-order valence-electron chi connectivity index (χ2n) is 6.76. The monoisotopic (exact) mass is 454 g/mol. The Morgan fingerprint density at radius 3 is 2.38 bits per heavy atom. The van der Waals surface area contributed by atoms with Crippen molar-refractivity contribution in [2.45, 2.75) is 42.2 Å². The highest BCUT2D eigenvalue weighted by Gasteiger charge is 2.16. The minimum Gasteiger partial charge on any atom is -0.326 e. The van der Waals surface area contributed by atoms with Gasteiger partial charge in [-0.2, -0.15) is 0 Å². The Kier molecular flexibility index (Phi) is 7.85. The lowest BCUT2D eigenvalue weighted by Gasteiger charge is -2.10. The number of benzene rings is 2. The molecule has 0 spiro atoms. The van der Waals surface area contributed by atoms with Gasteiger partial charge in [-0.25, -0.2) is 12.8 Å². The molecule has 1 saturated heterocycles. The van der Waals surface area contributed by atoms with Crippen LogP contribution < -0.4 is 10.0 Å². The summed E-state index contributed by atoms with van der Waals surface area (Å²) in [6, 6.07) is 11.0. The number of amides is 1. The quantitative estimate of drug-likeness (QED) is 0.398. The van der Waals surface area contributed by atoms with Gasteiger partial charge in [-0.15, -0.1) is 0 Å². The van der Waals surface area contributed by atoms with Crippen molar-refractivity contribution in [3.8, 4) is 0 Å². The summed E-state index contributed by atoms with van der Waals surface area (Å²) in [7, 11) is 0.0949. The maximum atomic E-state index is 13.0. The summed E-state index contributed by atoms with van der Waals surface area (Å²) in [6.45, 7) is 0. The van der Waals surface area contributed by atoms with Crippen LogP contribution in [-0.4, -0.2) is 25.3 Å². The molecule has 0 bridgehead atoms. The summed E-state index contributed by atoms with van der Waals surface area (Å²) in [5.41, 5.74) is 0.974. The van der Waals surface area contributed by atoms with E-state index >= 15 is 0 Å². The van der Waals surface area contributed by atoms with Crippen LogP contribution in [0.1, 0.15) is 32.1 Å². The van der Waals surface area contributed by atoms with E-state index in [1.165, 1.54) is 24.3 Å². The first-order valence-electron chi connectivity index (χ1n) is 9.39. The van der Waals surface area contributed by atoms with E-state index in [0.717, 1.165) is 36.6 Å². The molecule has 29 heavy (non-hydrogen) atoms. The average molecular weight is 455 g/mol. The van der Waals surface area contributed by atoms with Gasteiger partial charge in [0.1, 0.15) is 5.82 Å². The van der Waals surface area contributed by atoms with E-state index in [2.05, 4.69) is 10.0 Å². The Labute approximate surface area is 178 Å². The molecule has 0 aromatic heterocycles. The Balaban J connectivity index is 1.45. The van der Waals surface area contributed by atoms with Crippen LogP contribution in [0.4, 0.5) is 15.8 Å². The van der Waals surface area contributed by atoms with E-state index < -0.39 is 15.8 Å². The van der Waals surface area contributed by atoms with Crippen LogP contribution in [0.15, 0.2) is 53.4 Å². The van der Waals surface area contributed by atoms with Gasteiger partial charge in [0.15, 0.2) is 0 Å². The topological polar surface area (TPSA) is 75.3 Å². The predicted molar refractivity (Wildman–Crippen MR) is 119 cm³/mol. The molecule has 1 unspecified atom stereocenters. The van der Waals surface area contributed by atoms with Gasteiger partial charge in [0, 0.05) is 28.8 Å². The van der Waals surface area contributed by atoms with Crippen LogP contribution in [-0.2, 0) is 14.8 Å². The molecule has 1 aliphatic rings. The fourth-order valence-corrected chi connectivity index (χ4v) is 6.98. The number of sulfonamides is 1. The third-order valence-electron chi connectivity index (χ3n) is 4.45. The number of unbranched alkanes of at least 4 members (excludes halogenated alkanes) is 1. The summed E-state index contributed by atoms with van der Waals surface area (Å²) < 4.78 is 40.0. The van der Waals surface area contributed by atoms with Crippen molar-refractivity contribution in [1.29, 1.82) is 0 Å². The first-order chi connectivity index (χ1) is 13.9. The third kappa shape index (κ3) is 6.94. The van der Waals surface area contributed by atoms with Gasteiger partial charge in [-0.3, -0.25) is 9.52 Å². The molecule has 1 aliphatic heterocycles. The highest BCUT2D eigenvalue weighted by molar-refractivity contribution is 8.77. The lowest BCUT2D eigenvalue weighted by molar-refractivity contribution is -0.116. The van der Waals surface area contributed by atoms with Crippen molar-refractivity contribution >= 4 is 48.9 Å². The molecule has 1 fully saturated rings. The first-order valence-corrected chi connectivity index (χ1v) is 13.3. The maximum Gasteiger partial charge on any atom is 0.261 e. The first kappa shape index (κ1) is 22.0. The zero-order valence-corrected chi connectivity index (χ0v) is 18.2. The van der Waals surface area contributed by atoms with Crippen LogP contribution >= 0.6 is 21.6 Å². The molecule has 1 heterocycles. The van der Waals surface area contributed by atoms with Crippen LogP contribution in [0.5, 0.6) is 0 Å². The van der Waals surface area contributed by atoms with Crippen LogP contribution in [0.2, 0.25) is 0 Å². The van der Waals surface area contributed by atoms with Crippen molar-refractivity contribution in [1.82, 2.24) is 0 Å². The molecule has 1 atom stereocenters. The number of carbonyl (C=O) groups excluding carboxylic acids is 1. The molecule has 3 rings (SSSR count). The van der Waals surface area contributed by atoms with E-state index in [1.54, 1.807) is 24.3 Å². The molecule has 2 N–H and O–H groups in total. The van der Waals surface area contributed by atoms with Gasteiger partial charge >= 0.3 is 0 Å². The summed E-state index contributed by atoms with van der Waals surface area (Å²) in [4.78, 5) is 12.0. The van der Waals surface area contributed by atoms with Crippen molar-refractivity contribution in [3.05, 3.63) is 54.3 Å². The molecule has 5 nitrogen and oxygen atoms in total. The zero-order valence-electron chi connectivity index (χ0n) is 15.8. The highest BCUT2D eigenvalue weighted by atomic mass is 33.1. The van der Waals surface area contributed by atoms with E-state index in [4.69, 9.17) is 0 Å². The fraction of sp³-hybridized carbons (Fsp3) is 0.350. The van der Waals surface area contributed by atoms with Crippen molar-refractivity contribution in [2.75, 3.05) is 15.8 Å². The number of anilines is 2. The summed E-state index contributed by atoms with van der Waals surface area (Å²) in [5.74, 6) is 0.685. The number of hydrogen-bond donors (Lipinski definition) is 2. The van der Waals surface area contributed by atoms with E-state index in [-0.39, 0.29) is 10.8 Å². The molecular formula is C20H23FN2O3S3. The number of rotatable bonds is 9. The standard InChI is InChI=1S/C20H23FN2O3S3/c21-15-5-11-19(12-6-15)29(25,26)23-17-9-7-16(8-10-17)22-20(24)4-2-1-3-18-13-14-27-28-18/h5-12,18,23H,1-4,13-14H2,(H,22,24). The number of hydrogen-bond acceptors (Lipinski definition) is 5. The Morgan fingerprint density at radius 1 is 1.03 bits per heavy atom. The average Bonchev–Trinajstić information content (AvgIpc) is 3.20. The summed E-state index contributed by atoms with van der Waals surface area (Å²) in [5, 5.41) is 3.56. The summed E-state index contributed by atoms with van der Waals surface area (Å²) in [6.07, 6.45) is 4.81. The fourth-order valence-electron chi connectivity index (χ4n) is 2.89. The normalized spacial score (nSPS) is 16.5. The number of carbonyl (C=O) groups is 1. The van der Waals surface area contributed by atoms with Crippen molar-refractivity contribution < 1.29 is 17.6 Å². The van der Waals surface area contributed by atoms with Crippen molar-refractivity contribution in [2.24, 2.45) is 0 Å². The van der Waals surface area contributed by atoms with E-state index in [9.17, 15) is 17.6 Å². The molecule has 156 valence electrons. The minimum atomic E-state index is -3.80. The highest BCUT2D eigenvalue weighted by Crippen LogP contribution is 2.39. The van der Waals surface area contributed by atoms with Gasteiger partial charge < -0.3 is 5.32 Å². The lowest BCUT2D eigenvalue weighted by Crippen LogP contribution is -2.13. The van der Waals surface area contributed by atoms with Gasteiger partial charge in [0.2, 0.25) is 5.91 Å². The van der Waals surface area contributed by atoms with Crippen LogP contribution in [0.3, 0.4) is 0 Å². The molecule has 0 saturated carbocycles. The molecule has 0 radical (unpaired) electrons. The second-order valence-corrected chi connectivity index (χ2v) is 11.2. The Bertz CT molecular complexity index is 913. The van der Waals surface area contributed by atoms with E-state index in [1.807, 2.05) is 21.6 Å². The minimum absolute atomic E-state index is 0.0223. The molecule has 1 amide bonds. The molecule has 2 aromatic carbocycles. The predicted octanol–water partition coefficient (Wildman–Crippen LogP) is 5.28. The van der Waals surface area contributed by atoms with Crippen LogP contribution in [0, 0.1) is 5.82 Å². The van der Waals surface area contributed by atoms with Gasteiger partial charge in [-0.05, 0) is 67.8 Å². The molecular weight excluding hydrogens is 431 g/mol.